The number of halogens is 2. The Labute approximate surface area is 180 Å². The molecule has 3 N–H and O–H groups in total. The average Bonchev–Trinajstić information content (AvgIpc) is 3.13. The lowest BCUT2D eigenvalue weighted by Crippen LogP contribution is -2.31. The van der Waals surface area contributed by atoms with Crippen LogP contribution in [-0.2, 0) is 0 Å². The maximum Gasteiger partial charge on any atom is 0.271 e. The number of aryl methyl sites for hydroxylation is 1. The van der Waals surface area contributed by atoms with Crippen molar-refractivity contribution >= 4 is 12.0 Å². The van der Waals surface area contributed by atoms with Gasteiger partial charge in [0, 0.05) is 12.1 Å². The topological polar surface area (TPSA) is 103 Å². The van der Waals surface area contributed by atoms with Crippen molar-refractivity contribution in [2.75, 3.05) is 5.32 Å². The van der Waals surface area contributed by atoms with Crippen LogP contribution < -0.4 is 16.6 Å². The van der Waals surface area contributed by atoms with E-state index in [0.29, 0.717) is 17.2 Å². The zero-order chi connectivity index (χ0) is 22.4. The molecule has 0 fully saturated rings. The van der Waals surface area contributed by atoms with Crippen LogP contribution in [0.4, 0.5) is 14.6 Å². The number of nitrogens with zero attached hydrogens (tertiary/aromatic N) is 5. The summed E-state index contributed by atoms with van der Waals surface area (Å²) in [6, 6.07) is 13.4. The van der Waals surface area contributed by atoms with E-state index < -0.39 is 17.9 Å². The minimum atomic E-state index is -0.790. The molecule has 8 nitrogen and oxygen atoms in total. The van der Waals surface area contributed by atoms with Crippen molar-refractivity contribution in [3.05, 3.63) is 87.8 Å². The molecular weight excluding hydrogens is 416 g/mol. The molecule has 1 unspecified atom stereocenters. The highest BCUT2D eigenvalue weighted by Gasteiger charge is 2.25. The summed E-state index contributed by atoms with van der Waals surface area (Å²) < 4.78 is 31.0. The van der Waals surface area contributed by atoms with E-state index >= 15 is 0 Å². The number of fused-ring (bicyclic) bond motifs is 1. The lowest BCUT2D eigenvalue weighted by molar-refractivity contribution is 0.584. The number of benzene rings is 2. The normalized spacial score (nSPS) is 14.8. The fraction of sp³-hybridized carbons (Fsp3) is 0.0909. The van der Waals surface area contributed by atoms with Crippen LogP contribution in [0.25, 0.3) is 22.9 Å². The molecule has 0 aliphatic carbocycles. The summed E-state index contributed by atoms with van der Waals surface area (Å²) in [6.45, 7) is 1.87. The first-order valence-corrected chi connectivity index (χ1v) is 9.72. The fourth-order valence-electron chi connectivity index (χ4n) is 3.56. The van der Waals surface area contributed by atoms with Crippen LogP contribution in [0.1, 0.15) is 11.3 Å². The van der Waals surface area contributed by atoms with Gasteiger partial charge in [0.15, 0.2) is 17.9 Å². The molecule has 0 radical (unpaired) electrons. The van der Waals surface area contributed by atoms with Gasteiger partial charge in [0.05, 0.1) is 17.5 Å². The minimum Gasteiger partial charge on any atom is -0.336 e. The zero-order valence-electron chi connectivity index (χ0n) is 16.8. The monoisotopic (exact) mass is 433 g/mol. The first-order valence-electron chi connectivity index (χ1n) is 9.72. The van der Waals surface area contributed by atoms with Crippen molar-refractivity contribution in [1.29, 1.82) is 0 Å². The van der Waals surface area contributed by atoms with Crippen LogP contribution in [0.15, 0.2) is 64.4 Å². The van der Waals surface area contributed by atoms with Gasteiger partial charge in [0.2, 0.25) is 0 Å². The third kappa shape index (κ3) is 3.26. The molecule has 1 atom stereocenters. The molecule has 0 amide bonds. The van der Waals surface area contributed by atoms with E-state index in [1.807, 2.05) is 19.1 Å². The standard InChI is InChI=1S/C22H17F2N7O/c1-12-4-2-3-5-17(12)31-19(32)9-8-18(29-31)30-20(14-7-6-13(23)10-15(14)24)27-16-11-26-22(25)28-21(16)30/h2-11,22,28H,25H2,1H3. The maximum absolute atomic E-state index is 14.7. The first kappa shape index (κ1) is 19.8. The van der Waals surface area contributed by atoms with Crippen LogP contribution in [0.2, 0.25) is 0 Å². The number of hydrogen-bond acceptors (Lipinski definition) is 6. The molecule has 0 saturated carbocycles. The van der Waals surface area contributed by atoms with E-state index in [4.69, 9.17) is 5.73 Å². The molecule has 1 aliphatic rings. The molecular formula is C22H17F2N7O. The van der Waals surface area contributed by atoms with Gasteiger partial charge in [-0.3, -0.25) is 20.1 Å². The highest BCUT2D eigenvalue weighted by molar-refractivity contribution is 5.89. The summed E-state index contributed by atoms with van der Waals surface area (Å²) in [4.78, 5) is 21.1. The highest BCUT2D eigenvalue weighted by Crippen LogP contribution is 2.32. The highest BCUT2D eigenvalue weighted by atomic mass is 19.1. The number of para-hydroxylation sites is 1. The summed E-state index contributed by atoms with van der Waals surface area (Å²) in [6.07, 6.45) is 0.723. The maximum atomic E-state index is 14.7. The molecule has 0 saturated heterocycles. The quantitative estimate of drug-likeness (QED) is 0.517. The summed E-state index contributed by atoms with van der Waals surface area (Å²) in [5.41, 5.74) is 7.49. The van der Waals surface area contributed by atoms with E-state index in [-0.39, 0.29) is 22.8 Å². The van der Waals surface area contributed by atoms with E-state index in [1.165, 1.54) is 33.7 Å². The second-order valence-electron chi connectivity index (χ2n) is 7.22. The Morgan fingerprint density at radius 1 is 1.09 bits per heavy atom. The van der Waals surface area contributed by atoms with Gasteiger partial charge in [-0.1, -0.05) is 18.2 Å². The van der Waals surface area contributed by atoms with Crippen molar-refractivity contribution < 1.29 is 8.78 Å². The summed E-state index contributed by atoms with van der Waals surface area (Å²) in [7, 11) is 0. The predicted molar refractivity (Wildman–Crippen MR) is 116 cm³/mol. The summed E-state index contributed by atoms with van der Waals surface area (Å²) in [5.74, 6) is -0.629. The molecule has 0 bridgehead atoms. The van der Waals surface area contributed by atoms with Gasteiger partial charge >= 0.3 is 0 Å². The van der Waals surface area contributed by atoms with Crippen LogP contribution in [0.3, 0.4) is 0 Å². The molecule has 2 aromatic heterocycles. The molecule has 1 aliphatic heterocycles. The Morgan fingerprint density at radius 2 is 1.91 bits per heavy atom. The van der Waals surface area contributed by atoms with Crippen LogP contribution in [0, 0.1) is 18.6 Å². The number of rotatable bonds is 3. The Hall–Kier alpha value is -4.18. The fourth-order valence-corrected chi connectivity index (χ4v) is 3.56. The first-order chi connectivity index (χ1) is 15.4. The Morgan fingerprint density at radius 3 is 2.69 bits per heavy atom. The number of anilines is 1. The summed E-state index contributed by atoms with van der Waals surface area (Å²) >= 11 is 0. The smallest absolute Gasteiger partial charge is 0.271 e. The van der Waals surface area contributed by atoms with Gasteiger partial charge in [-0.25, -0.2) is 13.8 Å². The lowest BCUT2D eigenvalue weighted by atomic mass is 10.2. The van der Waals surface area contributed by atoms with Crippen molar-refractivity contribution in [3.8, 4) is 22.9 Å². The zero-order valence-corrected chi connectivity index (χ0v) is 16.8. The van der Waals surface area contributed by atoms with Gasteiger partial charge in [-0.05, 0) is 36.8 Å². The molecule has 160 valence electrons. The van der Waals surface area contributed by atoms with Gasteiger partial charge < -0.3 is 5.32 Å². The van der Waals surface area contributed by atoms with Gasteiger partial charge in [0.25, 0.3) is 5.56 Å². The number of nitrogens with one attached hydrogen (secondary N) is 1. The molecule has 2 aromatic carbocycles. The molecule has 4 aromatic rings. The average molecular weight is 433 g/mol. The van der Waals surface area contributed by atoms with Gasteiger partial charge in [-0.15, -0.1) is 5.10 Å². The number of nitrogens with two attached hydrogens (primary N) is 1. The van der Waals surface area contributed by atoms with Crippen molar-refractivity contribution in [2.45, 2.75) is 13.2 Å². The third-order valence-corrected chi connectivity index (χ3v) is 5.08. The van der Waals surface area contributed by atoms with Gasteiger partial charge in [0.1, 0.15) is 23.1 Å². The van der Waals surface area contributed by atoms with Crippen LogP contribution >= 0.6 is 0 Å². The number of aromatic nitrogens is 4. The van der Waals surface area contributed by atoms with Gasteiger partial charge in [-0.2, -0.15) is 4.68 Å². The number of imidazole rings is 1. The SMILES string of the molecule is Cc1ccccc1-n1nc(-n2c(-c3ccc(F)cc3F)nc3c2NC(N)N=C3)ccc1=O. The Kier molecular flexibility index (Phi) is 4.63. The number of hydrogen-bond donors (Lipinski definition) is 2. The van der Waals surface area contributed by atoms with E-state index in [2.05, 4.69) is 20.4 Å². The molecule has 5 rings (SSSR count). The van der Waals surface area contributed by atoms with E-state index in [1.54, 1.807) is 12.1 Å². The largest absolute Gasteiger partial charge is 0.336 e. The van der Waals surface area contributed by atoms with E-state index in [9.17, 15) is 13.6 Å². The second-order valence-corrected chi connectivity index (χ2v) is 7.22. The Bertz CT molecular complexity index is 1440. The second kappa shape index (κ2) is 7.50. The van der Waals surface area contributed by atoms with Crippen molar-refractivity contribution in [3.63, 3.8) is 0 Å². The third-order valence-electron chi connectivity index (χ3n) is 5.08. The molecule has 32 heavy (non-hydrogen) atoms. The minimum absolute atomic E-state index is 0.0556. The number of aliphatic imine (C=N–C) groups is 1. The van der Waals surface area contributed by atoms with Crippen molar-refractivity contribution in [1.82, 2.24) is 19.3 Å². The van der Waals surface area contributed by atoms with E-state index in [0.717, 1.165) is 17.7 Å². The van der Waals surface area contributed by atoms with Crippen molar-refractivity contribution in [2.24, 2.45) is 10.7 Å². The Balaban J connectivity index is 1.78. The van der Waals surface area contributed by atoms with Crippen LogP contribution in [-0.4, -0.2) is 31.8 Å². The van der Waals surface area contributed by atoms with Crippen LogP contribution in [0.5, 0.6) is 0 Å². The molecule has 3 heterocycles. The summed E-state index contributed by atoms with van der Waals surface area (Å²) in [5, 5.41) is 7.51. The predicted octanol–water partition coefficient (Wildman–Crippen LogP) is 2.76. The lowest BCUT2D eigenvalue weighted by Gasteiger charge is -2.18. The molecule has 0 spiro atoms. The molecule has 10 heteroatoms.